The Morgan fingerprint density at radius 3 is 2.81 bits per heavy atom. The van der Waals surface area contributed by atoms with Gasteiger partial charge in [0.25, 0.3) is 0 Å². The zero-order chi connectivity index (χ0) is 14.9. The Bertz CT molecular complexity index is 632. The Balaban J connectivity index is 1.67. The fourth-order valence-corrected chi connectivity index (χ4v) is 3.15. The Hall–Kier alpha value is -1.74. The van der Waals surface area contributed by atoms with Gasteiger partial charge in [-0.2, -0.15) is 29.7 Å². The van der Waals surface area contributed by atoms with E-state index in [2.05, 4.69) is 20.6 Å². The van der Waals surface area contributed by atoms with Gasteiger partial charge in [0.2, 0.25) is 0 Å². The van der Waals surface area contributed by atoms with Crippen LogP contribution in [0.15, 0.2) is 16.8 Å². The van der Waals surface area contributed by atoms with E-state index in [1.54, 1.807) is 5.38 Å². The van der Waals surface area contributed by atoms with Gasteiger partial charge in [-0.05, 0) is 28.2 Å². The van der Waals surface area contributed by atoms with E-state index >= 15 is 0 Å². The van der Waals surface area contributed by atoms with E-state index in [0.29, 0.717) is 37.4 Å². The number of thiophene rings is 1. The zero-order valence-electron chi connectivity index (χ0n) is 10.9. The number of tetrazole rings is 1. The first kappa shape index (κ1) is 14.2. The molecule has 0 bridgehead atoms. The number of nitrogens with one attached hydrogen (secondary N) is 1. The average molecular weight is 315 g/mol. The molecular formula is C12H12F3N5S. The van der Waals surface area contributed by atoms with Crippen LogP contribution in [-0.4, -0.2) is 38.6 Å². The standard InChI is InChI=1S/C12H12F3N5S/c13-12(14,15)10-7-21-6-9(10)5-20-3-1-8(2-4-20)11-16-18-19-17-11/h1,6-7H,2-5H2,(H,16,17,18,19). The van der Waals surface area contributed by atoms with Gasteiger partial charge in [-0.1, -0.05) is 6.08 Å². The number of aromatic nitrogens is 4. The summed E-state index contributed by atoms with van der Waals surface area (Å²) in [6.45, 7) is 1.55. The highest BCUT2D eigenvalue weighted by atomic mass is 32.1. The minimum Gasteiger partial charge on any atom is -0.295 e. The number of rotatable bonds is 3. The van der Waals surface area contributed by atoms with Crippen molar-refractivity contribution < 1.29 is 13.2 Å². The normalized spacial score (nSPS) is 17.0. The first-order chi connectivity index (χ1) is 10.0. The Morgan fingerprint density at radius 1 is 1.33 bits per heavy atom. The van der Waals surface area contributed by atoms with Crippen molar-refractivity contribution in [1.29, 1.82) is 0 Å². The van der Waals surface area contributed by atoms with E-state index in [-0.39, 0.29) is 0 Å². The number of hydrogen-bond acceptors (Lipinski definition) is 5. The maximum atomic E-state index is 12.8. The van der Waals surface area contributed by atoms with Gasteiger partial charge < -0.3 is 0 Å². The van der Waals surface area contributed by atoms with Gasteiger partial charge in [-0.3, -0.25) is 4.90 Å². The molecule has 0 spiro atoms. The average Bonchev–Trinajstić information content (AvgIpc) is 3.09. The number of halogens is 3. The van der Waals surface area contributed by atoms with Crippen LogP contribution in [0.5, 0.6) is 0 Å². The van der Waals surface area contributed by atoms with Gasteiger partial charge >= 0.3 is 6.18 Å². The summed E-state index contributed by atoms with van der Waals surface area (Å²) in [4.78, 5) is 1.97. The summed E-state index contributed by atoms with van der Waals surface area (Å²) in [5.41, 5.74) is 0.783. The van der Waals surface area contributed by atoms with Crippen LogP contribution in [0.4, 0.5) is 13.2 Å². The van der Waals surface area contributed by atoms with Crippen LogP contribution >= 0.6 is 11.3 Å². The van der Waals surface area contributed by atoms with E-state index in [0.717, 1.165) is 16.9 Å². The van der Waals surface area contributed by atoms with Crippen LogP contribution in [0.2, 0.25) is 0 Å². The highest BCUT2D eigenvalue weighted by molar-refractivity contribution is 7.08. The fraction of sp³-hybridized carbons (Fsp3) is 0.417. The summed E-state index contributed by atoms with van der Waals surface area (Å²) >= 11 is 1.09. The Kier molecular flexibility index (Phi) is 3.77. The summed E-state index contributed by atoms with van der Waals surface area (Å²) in [6, 6.07) is 0. The molecule has 1 aliphatic rings. The van der Waals surface area contributed by atoms with Gasteiger partial charge in [0.1, 0.15) is 0 Å². The molecule has 2 aromatic heterocycles. The van der Waals surface area contributed by atoms with Crippen molar-refractivity contribution in [1.82, 2.24) is 25.5 Å². The third-order valence-electron chi connectivity index (χ3n) is 3.37. The number of alkyl halides is 3. The molecule has 0 aromatic carbocycles. The van der Waals surface area contributed by atoms with Crippen molar-refractivity contribution in [3.8, 4) is 0 Å². The van der Waals surface area contributed by atoms with Gasteiger partial charge in [-0.25, -0.2) is 0 Å². The maximum Gasteiger partial charge on any atom is 0.417 e. The molecular weight excluding hydrogens is 303 g/mol. The van der Waals surface area contributed by atoms with Crippen LogP contribution in [0.3, 0.4) is 0 Å². The van der Waals surface area contributed by atoms with Gasteiger partial charge in [0.05, 0.1) is 5.56 Å². The number of hydrogen-bond donors (Lipinski definition) is 1. The lowest BCUT2D eigenvalue weighted by atomic mass is 10.1. The molecule has 9 heteroatoms. The second kappa shape index (κ2) is 5.57. The third kappa shape index (κ3) is 3.13. The number of nitrogens with zero attached hydrogens (tertiary/aromatic N) is 4. The lowest BCUT2D eigenvalue weighted by Crippen LogP contribution is -2.28. The largest absolute Gasteiger partial charge is 0.417 e. The van der Waals surface area contributed by atoms with Crippen molar-refractivity contribution >= 4 is 16.9 Å². The first-order valence-corrected chi connectivity index (χ1v) is 7.26. The smallest absolute Gasteiger partial charge is 0.295 e. The van der Waals surface area contributed by atoms with Gasteiger partial charge in [0, 0.05) is 25.0 Å². The monoisotopic (exact) mass is 315 g/mol. The molecule has 0 aliphatic carbocycles. The Morgan fingerprint density at radius 2 is 2.19 bits per heavy atom. The molecule has 3 rings (SSSR count). The lowest BCUT2D eigenvalue weighted by Gasteiger charge is -2.25. The van der Waals surface area contributed by atoms with Gasteiger partial charge in [-0.15, -0.1) is 10.2 Å². The Labute approximate surface area is 122 Å². The molecule has 0 unspecified atom stereocenters. The third-order valence-corrected chi connectivity index (χ3v) is 4.16. The van der Waals surface area contributed by atoms with E-state index in [1.165, 1.54) is 5.38 Å². The minimum atomic E-state index is -4.28. The van der Waals surface area contributed by atoms with Crippen LogP contribution in [0, 0.1) is 0 Å². The van der Waals surface area contributed by atoms with Crippen molar-refractivity contribution in [3.63, 3.8) is 0 Å². The summed E-state index contributed by atoms with van der Waals surface area (Å²) < 4.78 is 38.5. The molecule has 112 valence electrons. The molecule has 2 aromatic rings. The SMILES string of the molecule is FC(F)(F)c1cscc1CN1CC=C(c2nn[nH]n2)CC1. The van der Waals surface area contributed by atoms with Crippen LogP contribution in [-0.2, 0) is 12.7 Å². The second-order valence-electron chi connectivity index (χ2n) is 4.76. The van der Waals surface area contributed by atoms with Crippen LogP contribution in [0.1, 0.15) is 23.4 Å². The van der Waals surface area contributed by atoms with Crippen LogP contribution in [0.25, 0.3) is 5.57 Å². The molecule has 1 N–H and O–H groups in total. The summed E-state index contributed by atoms with van der Waals surface area (Å²) in [7, 11) is 0. The molecule has 0 radical (unpaired) electrons. The highest BCUT2D eigenvalue weighted by Gasteiger charge is 2.34. The molecule has 0 saturated heterocycles. The quantitative estimate of drug-likeness (QED) is 0.946. The van der Waals surface area contributed by atoms with E-state index < -0.39 is 11.7 Å². The summed E-state index contributed by atoms with van der Waals surface area (Å²) in [6.07, 6.45) is -1.64. The summed E-state index contributed by atoms with van der Waals surface area (Å²) in [5, 5.41) is 16.4. The zero-order valence-corrected chi connectivity index (χ0v) is 11.7. The van der Waals surface area contributed by atoms with Crippen molar-refractivity contribution in [3.05, 3.63) is 33.8 Å². The molecule has 21 heavy (non-hydrogen) atoms. The molecule has 0 fully saturated rings. The highest BCUT2D eigenvalue weighted by Crippen LogP contribution is 2.35. The van der Waals surface area contributed by atoms with E-state index in [4.69, 9.17) is 0 Å². The molecule has 5 nitrogen and oxygen atoms in total. The predicted octanol–water partition coefficient (Wildman–Crippen LogP) is 2.57. The number of aromatic amines is 1. The van der Waals surface area contributed by atoms with Crippen LogP contribution < -0.4 is 0 Å². The lowest BCUT2D eigenvalue weighted by molar-refractivity contribution is -0.138. The van der Waals surface area contributed by atoms with Crippen molar-refractivity contribution in [2.75, 3.05) is 13.1 Å². The number of H-pyrrole nitrogens is 1. The molecule has 0 amide bonds. The molecule has 0 atom stereocenters. The predicted molar refractivity (Wildman–Crippen MR) is 71.4 cm³/mol. The van der Waals surface area contributed by atoms with Crippen molar-refractivity contribution in [2.45, 2.75) is 19.1 Å². The molecule has 3 heterocycles. The van der Waals surface area contributed by atoms with Crippen molar-refractivity contribution in [2.24, 2.45) is 0 Å². The minimum absolute atomic E-state index is 0.300. The topological polar surface area (TPSA) is 57.7 Å². The maximum absolute atomic E-state index is 12.8. The molecule has 0 saturated carbocycles. The van der Waals surface area contributed by atoms with E-state index in [1.807, 2.05) is 11.0 Å². The fourth-order valence-electron chi connectivity index (χ4n) is 2.29. The van der Waals surface area contributed by atoms with E-state index in [9.17, 15) is 13.2 Å². The second-order valence-corrected chi connectivity index (χ2v) is 5.50. The molecule has 1 aliphatic heterocycles. The van der Waals surface area contributed by atoms with Gasteiger partial charge in [0.15, 0.2) is 5.82 Å². The first-order valence-electron chi connectivity index (χ1n) is 6.31. The summed E-state index contributed by atoms with van der Waals surface area (Å²) in [5.74, 6) is 0.557.